The van der Waals surface area contributed by atoms with Crippen LogP contribution in [0.15, 0.2) is 6.07 Å². The van der Waals surface area contributed by atoms with Crippen LogP contribution < -0.4 is 5.32 Å². The number of nitrogens with zero attached hydrogens (tertiary/aromatic N) is 5. The number of carbonyl (C=O) groups is 1. The number of rotatable bonds is 2. The number of thiazole rings is 1. The van der Waals surface area contributed by atoms with Gasteiger partial charge in [-0.1, -0.05) is 0 Å². The molecule has 1 amide bonds. The quantitative estimate of drug-likeness (QED) is 0.780. The van der Waals surface area contributed by atoms with E-state index in [0.29, 0.717) is 10.9 Å². The van der Waals surface area contributed by atoms with Gasteiger partial charge in [0.15, 0.2) is 5.13 Å². The normalized spacial score (nSPS) is 14.0. The molecule has 0 atom stereocenters. The molecule has 7 nitrogen and oxygen atoms in total. The molecule has 3 heterocycles. The van der Waals surface area contributed by atoms with E-state index in [1.807, 2.05) is 19.9 Å². The number of carbonyl (C=O) groups excluding carboxylic acids is 1. The highest BCUT2D eigenvalue weighted by Crippen LogP contribution is 2.29. The fourth-order valence-corrected chi connectivity index (χ4v) is 3.87. The smallest absolute Gasteiger partial charge is 0.295 e. The Hall–Kier alpha value is -2.35. The van der Waals surface area contributed by atoms with Crippen molar-refractivity contribution < 1.29 is 4.79 Å². The average molecular weight is 328 g/mol. The number of nitrogens with one attached hydrogen (secondary N) is 1. The molecular formula is C15H16N6OS. The van der Waals surface area contributed by atoms with Crippen LogP contribution in [0.3, 0.4) is 0 Å². The molecule has 0 bridgehead atoms. The molecule has 1 aliphatic carbocycles. The van der Waals surface area contributed by atoms with E-state index in [2.05, 4.69) is 25.4 Å². The molecule has 0 unspecified atom stereocenters. The standard InChI is InChI=1S/C15H16N6OS/c1-8-7-9(2)21-14(16-8)18-12(20-21)13(22)19-15-17-10-5-3-4-6-11(10)23-15/h7H,3-6H2,1-2H3,(H,17,19,22). The molecule has 4 rings (SSSR count). The lowest BCUT2D eigenvalue weighted by atomic mass is 10.0. The SMILES string of the molecule is Cc1cc(C)n2nc(C(=O)Nc3nc4c(s3)CCCC4)nc2n1. The summed E-state index contributed by atoms with van der Waals surface area (Å²) < 4.78 is 1.58. The zero-order valence-corrected chi connectivity index (χ0v) is 13.8. The second kappa shape index (κ2) is 5.38. The Kier molecular flexibility index (Phi) is 3.33. The topological polar surface area (TPSA) is 85.1 Å². The predicted octanol–water partition coefficient (Wildman–Crippen LogP) is 2.33. The Morgan fingerprint density at radius 1 is 1.22 bits per heavy atom. The summed E-state index contributed by atoms with van der Waals surface area (Å²) in [5, 5.41) is 7.68. The van der Waals surface area contributed by atoms with Gasteiger partial charge < -0.3 is 0 Å². The van der Waals surface area contributed by atoms with Crippen LogP contribution in [0.1, 0.15) is 45.4 Å². The summed E-state index contributed by atoms with van der Waals surface area (Å²) in [6.07, 6.45) is 4.41. The lowest BCUT2D eigenvalue weighted by Crippen LogP contribution is -2.14. The van der Waals surface area contributed by atoms with Crippen molar-refractivity contribution in [3.8, 4) is 0 Å². The highest BCUT2D eigenvalue weighted by molar-refractivity contribution is 7.15. The van der Waals surface area contributed by atoms with E-state index in [9.17, 15) is 4.79 Å². The van der Waals surface area contributed by atoms with Crippen molar-refractivity contribution in [1.29, 1.82) is 0 Å². The lowest BCUT2D eigenvalue weighted by Gasteiger charge is -2.06. The Labute approximate surface area is 136 Å². The highest BCUT2D eigenvalue weighted by atomic mass is 32.1. The first-order chi connectivity index (χ1) is 11.1. The minimum absolute atomic E-state index is 0.111. The predicted molar refractivity (Wildman–Crippen MR) is 87.0 cm³/mol. The van der Waals surface area contributed by atoms with Crippen LogP contribution in [0.4, 0.5) is 5.13 Å². The Bertz CT molecular complexity index is 889. The molecule has 0 spiro atoms. The second-order valence-corrected chi connectivity index (χ2v) is 6.82. The molecular weight excluding hydrogens is 312 g/mol. The van der Waals surface area contributed by atoms with E-state index in [4.69, 9.17) is 0 Å². The molecule has 118 valence electrons. The van der Waals surface area contributed by atoms with Crippen LogP contribution in [-0.4, -0.2) is 30.5 Å². The van der Waals surface area contributed by atoms with Crippen molar-refractivity contribution in [3.63, 3.8) is 0 Å². The summed E-state index contributed by atoms with van der Waals surface area (Å²) >= 11 is 1.55. The van der Waals surface area contributed by atoms with Crippen LogP contribution in [-0.2, 0) is 12.8 Å². The third kappa shape index (κ3) is 2.59. The van der Waals surface area contributed by atoms with Crippen LogP contribution in [0.5, 0.6) is 0 Å². The zero-order valence-electron chi connectivity index (χ0n) is 13.0. The van der Waals surface area contributed by atoms with E-state index < -0.39 is 0 Å². The maximum absolute atomic E-state index is 12.4. The Balaban J connectivity index is 1.61. The van der Waals surface area contributed by atoms with Crippen LogP contribution in [0.2, 0.25) is 0 Å². The number of anilines is 1. The Morgan fingerprint density at radius 2 is 2.04 bits per heavy atom. The summed E-state index contributed by atoms with van der Waals surface area (Å²) in [5.74, 6) is 0.198. The van der Waals surface area contributed by atoms with Crippen molar-refractivity contribution in [3.05, 3.63) is 33.8 Å². The maximum atomic E-state index is 12.4. The van der Waals surface area contributed by atoms with Gasteiger partial charge in [-0.25, -0.2) is 14.5 Å². The number of hydrogen-bond acceptors (Lipinski definition) is 6. The van der Waals surface area contributed by atoms with Crippen molar-refractivity contribution in [2.24, 2.45) is 0 Å². The van der Waals surface area contributed by atoms with Crippen molar-refractivity contribution in [1.82, 2.24) is 24.6 Å². The lowest BCUT2D eigenvalue weighted by molar-refractivity contribution is 0.101. The van der Waals surface area contributed by atoms with Gasteiger partial charge in [0.1, 0.15) is 0 Å². The van der Waals surface area contributed by atoms with E-state index in [1.54, 1.807) is 15.9 Å². The first kappa shape index (κ1) is 14.3. The molecule has 8 heteroatoms. The van der Waals surface area contributed by atoms with Gasteiger partial charge in [0.05, 0.1) is 5.69 Å². The van der Waals surface area contributed by atoms with Gasteiger partial charge in [-0.3, -0.25) is 10.1 Å². The molecule has 0 radical (unpaired) electrons. The van der Waals surface area contributed by atoms with Crippen molar-refractivity contribution in [2.75, 3.05) is 5.32 Å². The third-order valence-electron chi connectivity index (χ3n) is 3.89. The molecule has 0 fully saturated rings. The summed E-state index contributed by atoms with van der Waals surface area (Å²) in [6, 6.07) is 1.90. The van der Waals surface area contributed by atoms with Crippen molar-refractivity contribution >= 4 is 28.2 Å². The third-order valence-corrected chi connectivity index (χ3v) is 4.96. The molecule has 23 heavy (non-hydrogen) atoms. The molecule has 3 aromatic heterocycles. The minimum Gasteiger partial charge on any atom is -0.295 e. The van der Waals surface area contributed by atoms with Gasteiger partial charge in [-0.2, -0.15) is 4.98 Å². The van der Waals surface area contributed by atoms with Crippen LogP contribution >= 0.6 is 11.3 Å². The van der Waals surface area contributed by atoms with E-state index in [0.717, 1.165) is 29.9 Å². The fraction of sp³-hybridized carbons (Fsp3) is 0.400. The number of aromatic nitrogens is 5. The van der Waals surface area contributed by atoms with Gasteiger partial charge >= 0.3 is 0 Å². The summed E-state index contributed by atoms with van der Waals surface area (Å²) in [6.45, 7) is 3.80. The average Bonchev–Trinajstić information content (AvgIpc) is 3.10. The monoisotopic (exact) mass is 328 g/mol. The zero-order chi connectivity index (χ0) is 16.0. The first-order valence-electron chi connectivity index (χ1n) is 7.61. The van der Waals surface area contributed by atoms with Gasteiger partial charge in [-0.05, 0) is 45.6 Å². The second-order valence-electron chi connectivity index (χ2n) is 5.74. The molecule has 1 aliphatic rings. The van der Waals surface area contributed by atoms with Gasteiger partial charge in [-0.15, -0.1) is 16.4 Å². The number of hydrogen-bond donors (Lipinski definition) is 1. The van der Waals surface area contributed by atoms with Crippen LogP contribution in [0.25, 0.3) is 5.78 Å². The molecule has 0 saturated carbocycles. The van der Waals surface area contributed by atoms with Gasteiger partial charge in [0.25, 0.3) is 11.7 Å². The van der Waals surface area contributed by atoms with Crippen LogP contribution in [0, 0.1) is 13.8 Å². The molecule has 1 N–H and O–H groups in total. The summed E-state index contributed by atoms with van der Waals surface area (Å²) in [7, 11) is 0. The van der Waals surface area contributed by atoms with E-state index >= 15 is 0 Å². The summed E-state index contributed by atoms with van der Waals surface area (Å²) in [4.78, 5) is 26.7. The van der Waals surface area contributed by atoms with Gasteiger partial charge in [0.2, 0.25) is 5.82 Å². The molecule has 0 aromatic carbocycles. The first-order valence-corrected chi connectivity index (χ1v) is 8.43. The minimum atomic E-state index is -0.348. The highest BCUT2D eigenvalue weighted by Gasteiger charge is 2.19. The van der Waals surface area contributed by atoms with E-state index in [1.165, 1.54) is 17.7 Å². The summed E-state index contributed by atoms with van der Waals surface area (Å²) in [5.41, 5.74) is 2.86. The largest absolute Gasteiger partial charge is 0.297 e. The fourth-order valence-electron chi connectivity index (χ4n) is 2.82. The maximum Gasteiger partial charge on any atom is 0.297 e. The van der Waals surface area contributed by atoms with Gasteiger partial charge in [0, 0.05) is 16.3 Å². The van der Waals surface area contributed by atoms with Crippen molar-refractivity contribution in [2.45, 2.75) is 39.5 Å². The Morgan fingerprint density at radius 3 is 2.87 bits per heavy atom. The molecule has 3 aromatic rings. The number of fused-ring (bicyclic) bond motifs is 2. The molecule has 0 aliphatic heterocycles. The molecule has 0 saturated heterocycles. The van der Waals surface area contributed by atoms with E-state index in [-0.39, 0.29) is 11.7 Å². The number of aryl methyl sites for hydroxylation is 4. The number of amides is 1.